The van der Waals surface area contributed by atoms with E-state index in [1.165, 1.54) is 11.0 Å². The summed E-state index contributed by atoms with van der Waals surface area (Å²) >= 11 is 0. The number of halogens is 1. The molecule has 0 spiro atoms. The van der Waals surface area contributed by atoms with Gasteiger partial charge in [-0.25, -0.2) is 4.39 Å². The average molecular weight is 375 g/mol. The zero-order valence-corrected chi connectivity index (χ0v) is 15.3. The van der Waals surface area contributed by atoms with Crippen molar-refractivity contribution in [3.05, 3.63) is 89.2 Å². The lowest BCUT2D eigenvalue weighted by atomic mass is 10.0. The Kier molecular flexibility index (Phi) is 4.65. The standard InChI is InChI=1S/C23H18FNO3/c1-25(12-13-28-21-9-5-4-8-20(21)24)23(27)15-10-11-17-16-6-2-3-7-18(16)22(26)19(17)14-15/h2-11,14H,12-13H2,1H3. The third kappa shape index (κ3) is 3.16. The van der Waals surface area contributed by atoms with Crippen LogP contribution in [0, 0.1) is 5.82 Å². The fraction of sp³-hybridized carbons (Fsp3) is 0.130. The normalized spacial score (nSPS) is 11.7. The Hall–Kier alpha value is -3.47. The summed E-state index contributed by atoms with van der Waals surface area (Å²) < 4.78 is 19.0. The zero-order chi connectivity index (χ0) is 19.7. The summed E-state index contributed by atoms with van der Waals surface area (Å²) in [4.78, 5) is 26.8. The smallest absolute Gasteiger partial charge is 0.253 e. The molecule has 3 aromatic rings. The number of carbonyl (C=O) groups excluding carboxylic acids is 2. The molecule has 0 heterocycles. The lowest BCUT2D eigenvalue weighted by molar-refractivity contribution is 0.0773. The van der Waals surface area contributed by atoms with Gasteiger partial charge in [0.2, 0.25) is 0 Å². The van der Waals surface area contributed by atoms with Crippen LogP contribution in [-0.4, -0.2) is 36.8 Å². The first-order chi connectivity index (χ1) is 13.6. The molecule has 140 valence electrons. The quantitative estimate of drug-likeness (QED) is 0.526. The molecule has 0 atom stereocenters. The average Bonchev–Trinajstić information content (AvgIpc) is 3.01. The summed E-state index contributed by atoms with van der Waals surface area (Å²) in [5.41, 5.74) is 3.39. The molecule has 5 heteroatoms. The molecule has 4 nitrogen and oxygen atoms in total. The molecule has 1 amide bonds. The Morgan fingerprint density at radius 2 is 1.61 bits per heavy atom. The SMILES string of the molecule is CN(CCOc1ccccc1F)C(=O)c1ccc2c(c1)C(=O)c1ccccc1-2. The number of amides is 1. The number of benzene rings is 3. The fourth-order valence-electron chi connectivity index (χ4n) is 3.34. The van der Waals surface area contributed by atoms with E-state index in [4.69, 9.17) is 4.74 Å². The van der Waals surface area contributed by atoms with E-state index in [0.717, 1.165) is 11.1 Å². The molecule has 0 fully saturated rings. The number of fused-ring (bicyclic) bond motifs is 3. The van der Waals surface area contributed by atoms with E-state index >= 15 is 0 Å². The number of rotatable bonds is 5. The van der Waals surface area contributed by atoms with Crippen molar-refractivity contribution in [2.75, 3.05) is 20.2 Å². The van der Waals surface area contributed by atoms with Gasteiger partial charge >= 0.3 is 0 Å². The molecule has 0 N–H and O–H groups in total. The maximum Gasteiger partial charge on any atom is 0.253 e. The molecule has 3 aromatic carbocycles. The van der Waals surface area contributed by atoms with Crippen LogP contribution in [-0.2, 0) is 0 Å². The Morgan fingerprint density at radius 3 is 2.39 bits per heavy atom. The summed E-state index contributed by atoms with van der Waals surface area (Å²) in [7, 11) is 1.65. The fourth-order valence-corrected chi connectivity index (χ4v) is 3.34. The van der Waals surface area contributed by atoms with E-state index in [1.807, 2.05) is 24.3 Å². The van der Waals surface area contributed by atoms with E-state index in [1.54, 1.807) is 43.4 Å². The van der Waals surface area contributed by atoms with Crippen molar-refractivity contribution in [3.63, 3.8) is 0 Å². The van der Waals surface area contributed by atoms with Gasteiger partial charge in [0.05, 0.1) is 6.54 Å². The number of carbonyl (C=O) groups is 2. The minimum atomic E-state index is -0.437. The Morgan fingerprint density at radius 1 is 0.929 bits per heavy atom. The molecule has 28 heavy (non-hydrogen) atoms. The maximum absolute atomic E-state index is 13.6. The van der Waals surface area contributed by atoms with E-state index < -0.39 is 5.82 Å². The summed E-state index contributed by atoms with van der Waals surface area (Å²) in [6.07, 6.45) is 0. The van der Waals surface area contributed by atoms with Gasteiger partial charge in [-0.05, 0) is 35.4 Å². The van der Waals surface area contributed by atoms with E-state index in [-0.39, 0.29) is 24.0 Å². The molecule has 0 saturated heterocycles. The molecule has 0 bridgehead atoms. The molecule has 1 aliphatic carbocycles. The third-order valence-electron chi connectivity index (χ3n) is 4.84. The van der Waals surface area contributed by atoms with Crippen LogP contribution in [0.25, 0.3) is 11.1 Å². The molecule has 0 aliphatic heterocycles. The van der Waals surface area contributed by atoms with Gasteiger partial charge in [0.25, 0.3) is 5.91 Å². The van der Waals surface area contributed by atoms with Gasteiger partial charge in [-0.2, -0.15) is 0 Å². The largest absolute Gasteiger partial charge is 0.489 e. The molecule has 1 aliphatic rings. The van der Waals surface area contributed by atoms with Crippen molar-refractivity contribution in [3.8, 4) is 16.9 Å². The maximum atomic E-state index is 13.6. The number of para-hydroxylation sites is 1. The van der Waals surface area contributed by atoms with Crippen molar-refractivity contribution in [2.45, 2.75) is 0 Å². The van der Waals surface area contributed by atoms with Gasteiger partial charge in [-0.1, -0.05) is 42.5 Å². The second-order valence-corrected chi connectivity index (χ2v) is 6.64. The molecule has 0 radical (unpaired) electrons. The van der Waals surface area contributed by atoms with E-state index in [9.17, 15) is 14.0 Å². The van der Waals surface area contributed by atoms with Gasteiger partial charge < -0.3 is 9.64 Å². The second kappa shape index (κ2) is 7.27. The van der Waals surface area contributed by atoms with Crippen molar-refractivity contribution in [1.29, 1.82) is 0 Å². The summed E-state index contributed by atoms with van der Waals surface area (Å²) in [6, 6.07) is 18.8. The topological polar surface area (TPSA) is 46.6 Å². The number of hydrogen-bond donors (Lipinski definition) is 0. The highest BCUT2D eigenvalue weighted by atomic mass is 19.1. The number of ketones is 1. The zero-order valence-electron chi connectivity index (χ0n) is 15.3. The van der Waals surface area contributed by atoms with Crippen LogP contribution in [0.4, 0.5) is 4.39 Å². The molecule has 4 rings (SSSR count). The van der Waals surface area contributed by atoms with Crippen LogP contribution in [0.1, 0.15) is 26.3 Å². The predicted molar refractivity (Wildman–Crippen MR) is 104 cm³/mol. The lowest BCUT2D eigenvalue weighted by Crippen LogP contribution is -2.31. The number of ether oxygens (including phenoxy) is 1. The van der Waals surface area contributed by atoms with Gasteiger partial charge in [0, 0.05) is 23.7 Å². The third-order valence-corrected chi connectivity index (χ3v) is 4.84. The monoisotopic (exact) mass is 375 g/mol. The van der Waals surface area contributed by atoms with Gasteiger partial charge in [0.15, 0.2) is 17.3 Å². The van der Waals surface area contributed by atoms with Crippen molar-refractivity contribution >= 4 is 11.7 Å². The van der Waals surface area contributed by atoms with E-state index in [2.05, 4.69) is 0 Å². The van der Waals surface area contributed by atoms with Crippen molar-refractivity contribution in [1.82, 2.24) is 4.90 Å². The Labute approximate surface area is 162 Å². The molecular weight excluding hydrogens is 357 g/mol. The van der Waals surface area contributed by atoms with Crippen LogP contribution in [0.2, 0.25) is 0 Å². The van der Waals surface area contributed by atoms with Crippen molar-refractivity contribution in [2.24, 2.45) is 0 Å². The van der Waals surface area contributed by atoms with Crippen LogP contribution in [0.15, 0.2) is 66.7 Å². The van der Waals surface area contributed by atoms with Crippen molar-refractivity contribution < 1.29 is 18.7 Å². The predicted octanol–water partition coefficient (Wildman–Crippen LogP) is 4.19. The highest BCUT2D eigenvalue weighted by Crippen LogP contribution is 2.36. The first-order valence-electron chi connectivity index (χ1n) is 8.97. The minimum Gasteiger partial charge on any atom is -0.489 e. The lowest BCUT2D eigenvalue weighted by Gasteiger charge is -2.18. The first-order valence-corrected chi connectivity index (χ1v) is 8.97. The number of likely N-dealkylation sites (N-methyl/N-ethyl adjacent to an activating group) is 1. The Bertz CT molecular complexity index is 1080. The van der Waals surface area contributed by atoms with Crippen LogP contribution in [0.5, 0.6) is 5.75 Å². The summed E-state index contributed by atoms with van der Waals surface area (Å²) in [5, 5.41) is 0. The van der Waals surface area contributed by atoms with Gasteiger partial charge in [-0.3, -0.25) is 9.59 Å². The van der Waals surface area contributed by atoms with Crippen LogP contribution in [0.3, 0.4) is 0 Å². The molecule has 0 aromatic heterocycles. The summed E-state index contributed by atoms with van der Waals surface area (Å²) in [6.45, 7) is 0.455. The second-order valence-electron chi connectivity index (χ2n) is 6.64. The minimum absolute atomic E-state index is 0.0641. The van der Waals surface area contributed by atoms with Crippen LogP contribution < -0.4 is 4.74 Å². The summed E-state index contributed by atoms with van der Waals surface area (Å²) in [5.74, 6) is -0.563. The van der Waals surface area contributed by atoms with Crippen LogP contribution >= 0.6 is 0 Å². The molecule has 0 unspecified atom stereocenters. The van der Waals surface area contributed by atoms with Gasteiger partial charge in [0.1, 0.15) is 6.61 Å². The molecular formula is C23H18FNO3. The highest BCUT2D eigenvalue weighted by molar-refractivity contribution is 6.22. The Balaban J connectivity index is 1.45. The first kappa shape index (κ1) is 17.9. The van der Waals surface area contributed by atoms with E-state index in [0.29, 0.717) is 23.2 Å². The molecule has 0 saturated carbocycles. The highest BCUT2D eigenvalue weighted by Gasteiger charge is 2.27. The number of hydrogen-bond acceptors (Lipinski definition) is 3. The van der Waals surface area contributed by atoms with Gasteiger partial charge in [-0.15, -0.1) is 0 Å². The number of nitrogens with zero attached hydrogens (tertiary/aromatic N) is 1.